The van der Waals surface area contributed by atoms with Crippen molar-refractivity contribution in [3.8, 4) is 0 Å². The van der Waals surface area contributed by atoms with Gasteiger partial charge in [-0.2, -0.15) is 0 Å². The van der Waals surface area contributed by atoms with Gasteiger partial charge in [0.2, 0.25) is 0 Å². The average Bonchev–Trinajstić information content (AvgIpc) is 2.01. The van der Waals surface area contributed by atoms with Crippen molar-refractivity contribution >= 4 is 12.4 Å². The van der Waals surface area contributed by atoms with E-state index in [9.17, 15) is 0 Å². The molecule has 0 aliphatic carbocycles. The van der Waals surface area contributed by atoms with Crippen molar-refractivity contribution in [3.63, 3.8) is 0 Å². The quantitative estimate of drug-likeness (QED) is 0.575. The van der Waals surface area contributed by atoms with E-state index in [0.717, 1.165) is 25.3 Å². The van der Waals surface area contributed by atoms with Crippen LogP contribution in [0.25, 0.3) is 0 Å². The molecule has 0 radical (unpaired) electrons. The summed E-state index contributed by atoms with van der Waals surface area (Å²) >= 11 is 0. The summed E-state index contributed by atoms with van der Waals surface area (Å²) in [7, 11) is 4.22. The van der Waals surface area contributed by atoms with Crippen molar-refractivity contribution in [2.45, 2.75) is 19.3 Å². The molecule has 0 saturated heterocycles. The molecule has 0 bridgehead atoms. The van der Waals surface area contributed by atoms with Gasteiger partial charge in [0.15, 0.2) is 0 Å². The number of allylic oxidation sites excluding steroid dienone is 2. The third-order valence-corrected chi connectivity index (χ3v) is 1.98. The van der Waals surface area contributed by atoms with Crippen LogP contribution in [-0.4, -0.2) is 25.5 Å². The van der Waals surface area contributed by atoms with E-state index in [4.69, 9.17) is 0 Å². The van der Waals surface area contributed by atoms with Gasteiger partial charge in [0, 0.05) is 0 Å². The Morgan fingerprint density at radius 2 is 1.62 bits per heavy atom. The molecule has 13 heavy (non-hydrogen) atoms. The molecule has 0 aromatic rings. The van der Waals surface area contributed by atoms with Crippen LogP contribution in [-0.2, 0) is 0 Å². The predicted molar refractivity (Wildman–Crippen MR) is 63.5 cm³/mol. The first-order valence-electron chi connectivity index (χ1n) is 4.57. The number of halogens is 1. The molecule has 0 aromatic carbocycles. The summed E-state index contributed by atoms with van der Waals surface area (Å²) in [5, 5.41) is 0. The molecule has 0 fully saturated rings. The smallest absolute Gasteiger partial charge is 0.00220 e. The second-order valence-electron chi connectivity index (χ2n) is 3.51. The van der Waals surface area contributed by atoms with Crippen LogP contribution >= 0.6 is 12.4 Å². The molecule has 0 saturated carbocycles. The average molecular weight is 204 g/mol. The molecule has 0 atom stereocenters. The molecule has 0 spiro atoms. The van der Waals surface area contributed by atoms with E-state index < -0.39 is 0 Å². The molecule has 0 heterocycles. The fourth-order valence-electron chi connectivity index (χ4n) is 1.24. The van der Waals surface area contributed by atoms with Gasteiger partial charge in [0.05, 0.1) is 0 Å². The Labute approximate surface area is 88.9 Å². The molecule has 0 amide bonds. The monoisotopic (exact) mass is 203 g/mol. The molecular formula is C11H22ClN. The molecule has 0 rings (SSSR count). The maximum Gasteiger partial charge on any atom is -0.00220 e. The fraction of sp³-hybridized carbons (Fsp3) is 0.636. The molecule has 0 N–H and O–H groups in total. The summed E-state index contributed by atoms with van der Waals surface area (Å²) in [6.07, 6.45) is 7.47. The normalized spacial score (nSPS) is 9.85. The second-order valence-corrected chi connectivity index (χ2v) is 3.51. The number of rotatable bonds is 7. The Hall–Kier alpha value is -0.270. The van der Waals surface area contributed by atoms with Gasteiger partial charge in [-0.05, 0) is 45.8 Å². The van der Waals surface area contributed by atoms with Gasteiger partial charge < -0.3 is 4.90 Å². The summed E-state index contributed by atoms with van der Waals surface area (Å²) in [4.78, 5) is 2.22. The third kappa shape index (κ3) is 9.65. The minimum atomic E-state index is 0. The van der Waals surface area contributed by atoms with Crippen LogP contribution in [0.15, 0.2) is 25.3 Å². The van der Waals surface area contributed by atoms with E-state index in [1.165, 1.54) is 6.42 Å². The van der Waals surface area contributed by atoms with Crippen LogP contribution < -0.4 is 0 Å². The minimum absolute atomic E-state index is 0. The van der Waals surface area contributed by atoms with E-state index in [1.807, 2.05) is 12.2 Å². The Bertz CT molecular complexity index is 122. The zero-order valence-electron chi connectivity index (χ0n) is 8.83. The van der Waals surface area contributed by atoms with E-state index >= 15 is 0 Å². The molecule has 0 aliphatic rings. The Balaban J connectivity index is 0. The van der Waals surface area contributed by atoms with Crippen LogP contribution in [0.3, 0.4) is 0 Å². The van der Waals surface area contributed by atoms with Crippen LogP contribution in [0.2, 0.25) is 0 Å². The number of hydrogen-bond acceptors (Lipinski definition) is 1. The van der Waals surface area contributed by atoms with Gasteiger partial charge in [-0.3, -0.25) is 0 Å². The van der Waals surface area contributed by atoms with Crippen LogP contribution in [0.4, 0.5) is 0 Å². The van der Waals surface area contributed by atoms with Crippen LogP contribution in [0.5, 0.6) is 0 Å². The van der Waals surface area contributed by atoms with Crippen LogP contribution in [0.1, 0.15) is 19.3 Å². The van der Waals surface area contributed by atoms with Crippen LogP contribution in [0, 0.1) is 5.92 Å². The first-order chi connectivity index (χ1) is 5.70. The zero-order chi connectivity index (χ0) is 9.40. The summed E-state index contributed by atoms with van der Waals surface area (Å²) < 4.78 is 0. The van der Waals surface area contributed by atoms with Crippen molar-refractivity contribution in [2.75, 3.05) is 20.6 Å². The van der Waals surface area contributed by atoms with Gasteiger partial charge in [0.1, 0.15) is 0 Å². The molecule has 2 heteroatoms. The highest BCUT2D eigenvalue weighted by Crippen LogP contribution is 2.14. The molecule has 0 aliphatic heterocycles. The SMILES string of the molecule is C=CCC(CC=C)CCN(C)C.Cl. The van der Waals surface area contributed by atoms with Crippen molar-refractivity contribution < 1.29 is 0 Å². The highest BCUT2D eigenvalue weighted by atomic mass is 35.5. The maximum absolute atomic E-state index is 3.76. The Morgan fingerprint density at radius 1 is 1.15 bits per heavy atom. The number of nitrogens with zero attached hydrogens (tertiary/aromatic N) is 1. The second kappa shape index (κ2) is 9.82. The minimum Gasteiger partial charge on any atom is -0.309 e. The molecular weight excluding hydrogens is 182 g/mol. The first-order valence-corrected chi connectivity index (χ1v) is 4.57. The molecule has 1 nitrogen and oxygen atoms in total. The standard InChI is InChI=1S/C11H21N.ClH/c1-5-7-11(8-6-2)9-10-12(3)4;/h5-6,11H,1-2,7-10H2,3-4H3;1H. The van der Waals surface area contributed by atoms with Gasteiger partial charge >= 0.3 is 0 Å². The summed E-state index contributed by atoms with van der Waals surface area (Å²) in [5.41, 5.74) is 0. The van der Waals surface area contributed by atoms with E-state index in [-0.39, 0.29) is 12.4 Å². The Kier molecular flexibility index (Phi) is 11.5. The third-order valence-electron chi connectivity index (χ3n) is 1.98. The van der Waals surface area contributed by atoms with Gasteiger partial charge in [-0.1, -0.05) is 12.2 Å². The van der Waals surface area contributed by atoms with Gasteiger partial charge in [-0.15, -0.1) is 25.6 Å². The maximum atomic E-state index is 3.76. The molecule has 78 valence electrons. The van der Waals surface area contributed by atoms with Gasteiger partial charge in [-0.25, -0.2) is 0 Å². The lowest BCUT2D eigenvalue weighted by atomic mass is 9.97. The van der Waals surface area contributed by atoms with Crippen molar-refractivity contribution in [3.05, 3.63) is 25.3 Å². The molecule has 0 aromatic heterocycles. The Morgan fingerprint density at radius 3 is 1.92 bits per heavy atom. The highest BCUT2D eigenvalue weighted by molar-refractivity contribution is 5.85. The van der Waals surface area contributed by atoms with E-state index in [2.05, 4.69) is 32.2 Å². The first kappa shape index (κ1) is 15.2. The largest absolute Gasteiger partial charge is 0.309 e. The summed E-state index contributed by atoms with van der Waals surface area (Å²) in [6.45, 7) is 8.68. The zero-order valence-corrected chi connectivity index (χ0v) is 9.65. The summed E-state index contributed by atoms with van der Waals surface area (Å²) in [5.74, 6) is 0.738. The fourth-order valence-corrected chi connectivity index (χ4v) is 1.24. The molecule has 0 unspecified atom stereocenters. The van der Waals surface area contributed by atoms with Gasteiger partial charge in [0.25, 0.3) is 0 Å². The summed E-state index contributed by atoms with van der Waals surface area (Å²) in [6, 6.07) is 0. The predicted octanol–water partition coefficient (Wildman–Crippen LogP) is 3.13. The highest BCUT2D eigenvalue weighted by Gasteiger charge is 2.04. The van der Waals surface area contributed by atoms with E-state index in [0.29, 0.717) is 0 Å². The van der Waals surface area contributed by atoms with Crippen molar-refractivity contribution in [1.29, 1.82) is 0 Å². The van der Waals surface area contributed by atoms with Crippen molar-refractivity contribution in [1.82, 2.24) is 4.90 Å². The van der Waals surface area contributed by atoms with E-state index in [1.54, 1.807) is 0 Å². The lowest BCUT2D eigenvalue weighted by Gasteiger charge is -2.15. The lowest BCUT2D eigenvalue weighted by molar-refractivity contribution is 0.351. The number of hydrogen-bond donors (Lipinski definition) is 0. The topological polar surface area (TPSA) is 3.24 Å². The lowest BCUT2D eigenvalue weighted by Crippen LogP contribution is -2.16. The van der Waals surface area contributed by atoms with Crippen molar-refractivity contribution in [2.24, 2.45) is 5.92 Å².